The van der Waals surface area contributed by atoms with Crippen molar-refractivity contribution in [1.82, 2.24) is 9.44 Å². The smallest absolute Gasteiger partial charge is 0.240 e. The van der Waals surface area contributed by atoms with Gasteiger partial charge in [-0.3, -0.25) is 0 Å². The van der Waals surface area contributed by atoms with E-state index in [1.807, 2.05) is 13.8 Å². The second-order valence-corrected chi connectivity index (χ2v) is 9.42. The molecule has 0 aliphatic carbocycles. The summed E-state index contributed by atoms with van der Waals surface area (Å²) < 4.78 is 59.2. The lowest BCUT2D eigenvalue weighted by atomic mass is 10.3. The molecule has 0 atom stereocenters. The van der Waals surface area contributed by atoms with Gasteiger partial charge in [-0.2, -0.15) is 0 Å². The van der Waals surface area contributed by atoms with Crippen molar-refractivity contribution in [3.8, 4) is 11.5 Å². The topological polar surface area (TPSA) is 102 Å². The highest BCUT2D eigenvalue weighted by Gasteiger charge is 2.14. The molecular weight excluding hydrogens is 412 g/mol. The first kappa shape index (κ1) is 22.8. The fraction of sp³-hybridized carbons (Fsp3) is 0.200. The zero-order valence-corrected chi connectivity index (χ0v) is 17.8. The maximum absolute atomic E-state index is 12.1. The molecule has 0 radical (unpaired) electrons. The molecule has 0 aliphatic heterocycles. The van der Waals surface area contributed by atoms with Crippen LogP contribution in [0.25, 0.3) is 0 Å². The van der Waals surface area contributed by atoms with Crippen molar-refractivity contribution in [2.45, 2.75) is 23.6 Å². The molecule has 0 aromatic heterocycles. The van der Waals surface area contributed by atoms with E-state index in [2.05, 4.69) is 9.44 Å². The van der Waals surface area contributed by atoms with Gasteiger partial charge in [-0.15, -0.1) is 0 Å². The van der Waals surface area contributed by atoms with E-state index in [4.69, 9.17) is 4.74 Å². The largest absolute Gasteiger partial charge is 0.457 e. The van der Waals surface area contributed by atoms with Gasteiger partial charge in [0.2, 0.25) is 20.0 Å². The average Bonchev–Trinajstić information content (AvgIpc) is 2.69. The van der Waals surface area contributed by atoms with Gasteiger partial charge in [-0.25, -0.2) is 26.3 Å². The first-order chi connectivity index (χ1) is 13.8. The number of benzene rings is 2. The van der Waals surface area contributed by atoms with Gasteiger partial charge < -0.3 is 4.74 Å². The predicted molar refractivity (Wildman–Crippen MR) is 113 cm³/mol. The third-order valence-electron chi connectivity index (χ3n) is 3.76. The molecule has 0 fully saturated rings. The molecule has 2 aromatic carbocycles. The van der Waals surface area contributed by atoms with Gasteiger partial charge in [0.25, 0.3) is 0 Å². The molecule has 9 heteroatoms. The van der Waals surface area contributed by atoms with Crippen molar-refractivity contribution in [3.63, 3.8) is 0 Å². The summed E-state index contributed by atoms with van der Waals surface area (Å²) in [4.78, 5) is 0.256. The molecule has 0 spiro atoms. The SMILES string of the molecule is CC=CCNS(=O)(=O)c1ccc(Oc2ccc(S(=O)(=O)NCC=CC)cc2)cc1. The highest BCUT2D eigenvalue weighted by atomic mass is 32.2. The Morgan fingerprint density at radius 1 is 0.690 bits per heavy atom. The second kappa shape index (κ2) is 10.4. The lowest BCUT2D eigenvalue weighted by molar-refractivity contribution is 0.481. The van der Waals surface area contributed by atoms with E-state index in [9.17, 15) is 16.8 Å². The highest BCUT2D eigenvalue weighted by Crippen LogP contribution is 2.24. The molecule has 2 N–H and O–H groups in total. The minimum absolute atomic E-state index is 0.128. The van der Waals surface area contributed by atoms with Crippen LogP contribution in [0.4, 0.5) is 0 Å². The monoisotopic (exact) mass is 436 g/mol. The van der Waals surface area contributed by atoms with Crippen LogP contribution in [0, 0.1) is 0 Å². The zero-order valence-electron chi connectivity index (χ0n) is 16.2. The van der Waals surface area contributed by atoms with E-state index >= 15 is 0 Å². The normalized spacial score (nSPS) is 12.6. The second-order valence-electron chi connectivity index (χ2n) is 5.89. The average molecular weight is 437 g/mol. The standard InChI is InChI=1S/C20H24N2O5S2/c1-3-5-15-21-28(23,24)19-11-7-17(8-12-19)27-18-9-13-20(14-10-18)29(25,26)22-16-6-4-2/h3-14,21-22H,15-16H2,1-2H3. The van der Waals surface area contributed by atoms with Gasteiger partial charge in [-0.1, -0.05) is 24.3 Å². The van der Waals surface area contributed by atoms with E-state index in [-0.39, 0.29) is 22.9 Å². The summed E-state index contributed by atoms with van der Waals surface area (Å²) in [7, 11) is -7.18. The Kier molecular flexibility index (Phi) is 8.15. The molecule has 0 heterocycles. The summed E-state index contributed by atoms with van der Waals surface area (Å²) in [6, 6.07) is 11.9. The molecule has 7 nitrogen and oxygen atoms in total. The van der Waals surface area contributed by atoms with Crippen LogP contribution in [-0.2, 0) is 20.0 Å². The van der Waals surface area contributed by atoms with Crippen LogP contribution < -0.4 is 14.2 Å². The minimum atomic E-state index is -3.59. The van der Waals surface area contributed by atoms with Crippen LogP contribution in [0.5, 0.6) is 11.5 Å². The maximum atomic E-state index is 12.1. The third kappa shape index (κ3) is 6.82. The lowest BCUT2D eigenvalue weighted by Gasteiger charge is -2.09. The Balaban J connectivity index is 2.05. The highest BCUT2D eigenvalue weighted by molar-refractivity contribution is 7.89. The van der Waals surface area contributed by atoms with Crippen molar-refractivity contribution in [3.05, 3.63) is 72.8 Å². The van der Waals surface area contributed by atoms with E-state index in [0.717, 1.165) is 0 Å². The van der Waals surface area contributed by atoms with Gasteiger partial charge in [-0.05, 0) is 62.4 Å². The Morgan fingerprint density at radius 3 is 1.34 bits per heavy atom. The van der Waals surface area contributed by atoms with Crippen LogP contribution in [0.1, 0.15) is 13.8 Å². The number of sulfonamides is 2. The molecule has 2 aromatic rings. The van der Waals surface area contributed by atoms with Crippen LogP contribution in [-0.4, -0.2) is 29.9 Å². The van der Waals surface area contributed by atoms with Gasteiger partial charge in [0.1, 0.15) is 11.5 Å². The lowest BCUT2D eigenvalue weighted by Crippen LogP contribution is -2.23. The molecule has 0 bridgehead atoms. The Bertz CT molecular complexity index is 969. The zero-order chi connectivity index (χ0) is 21.3. The predicted octanol–water partition coefficient (Wildman–Crippen LogP) is 3.19. The van der Waals surface area contributed by atoms with E-state index in [0.29, 0.717) is 11.5 Å². The van der Waals surface area contributed by atoms with Crippen molar-refractivity contribution >= 4 is 20.0 Å². The molecule has 0 unspecified atom stereocenters. The van der Waals surface area contributed by atoms with Gasteiger partial charge >= 0.3 is 0 Å². The fourth-order valence-corrected chi connectivity index (χ4v) is 4.18. The van der Waals surface area contributed by atoms with Crippen LogP contribution in [0.3, 0.4) is 0 Å². The van der Waals surface area contributed by atoms with Gasteiger partial charge in [0.05, 0.1) is 9.79 Å². The van der Waals surface area contributed by atoms with Crippen molar-refractivity contribution in [2.75, 3.05) is 13.1 Å². The molecule has 29 heavy (non-hydrogen) atoms. The number of rotatable bonds is 10. The molecule has 0 saturated carbocycles. The number of allylic oxidation sites excluding steroid dienone is 2. The third-order valence-corrected chi connectivity index (χ3v) is 6.64. The quantitative estimate of drug-likeness (QED) is 0.557. The first-order valence-corrected chi connectivity index (χ1v) is 11.8. The van der Waals surface area contributed by atoms with Crippen molar-refractivity contribution in [2.24, 2.45) is 0 Å². The van der Waals surface area contributed by atoms with E-state index < -0.39 is 20.0 Å². The van der Waals surface area contributed by atoms with Gasteiger partial charge in [0.15, 0.2) is 0 Å². The molecular formula is C20H24N2O5S2. The number of ether oxygens (including phenoxy) is 1. The molecule has 2 rings (SSSR count). The summed E-state index contributed by atoms with van der Waals surface area (Å²) in [6.45, 7) is 4.05. The van der Waals surface area contributed by atoms with Crippen molar-refractivity contribution in [1.29, 1.82) is 0 Å². The number of hydrogen-bond donors (Lipinski definition) is 2. The van der Waals surface area contributed by atoms with E-state index in [1.165, 1.54) is 48.5 Å². The summed E-state index contributed by atoms with van der Waals surface area (Å²) in [6.07, 6.45) is 6.92. The van der Waals surface area contributed by atoms with Gasteiger partial charge in [0, 0.05) is 13.1 Å². The Labute approximate surface area is 172 Å². The molecule has 0 amide bonds. The van der Waals surface area contributed by atoms with Crippen LogP contribution in [0.15, 0.2) is 82.6 Å². The summed E-state index contributed by atoms with van der Waals surface area (Å²) >= 11 is 0. The maximum Gasteiger partial charge on any atom is 0.240 e. The number of hydrogen-bond acceptors (Lipinski definition) is 5. The molecule has 156 valence electrons. The van der Waals surface area contributed by atoms with Crippen molar-refractivity contribution < 1.29 is 21.6 Å². The summed E-state index contributed by atoms with van der Waals surface area (Å²) in [5, 5.41) is 0. The Hall–Kier alpha value is -2.46. The van der Waals surface area contributed by atoms with Crippen LogP contribution >= 0.6 is 0 Å². The minimum Gasteiger partial charge on any atom is -0.457 e. The molecule has 0 saturated heterocycles. The first-order valence-electron chi connectivity index (χ1n) is 8.88. The summed E-state index contributed by atoms with van der Waals surface area (Å²) in [5.41, 5.74) is 0. The summed E-state index contributed by atoms with van der Waals surface area (Å²) in [5.74, 6) is 0.860. The molecule has 0 aliphatic rings. The Morgan fingerprint density at radius 2 is 1.03 bits per heavy atom. The van der Waals surface area contributed by atoms with E-state index in [1.54, 1.807) is 24.3 Å². The van der Waals surface area contributed by atoms with Crippen LogP contribution in [0.2, 0.25) is 0 Å². The number of nitrogens with one attached hydrogen (secondary N) is 2. The fourth-order valence-electron chi connectivity index (χ4n) is 2.23.